The number of ether oxygens (including phenoxy) is 1. The van der Waals surface area contributed by atoms with Gasteiger partial charge in [-0.3, -0.25) is 9.59 Å². The normalized spacial score (nSPS) is 10.6. The molecule has 0 saturated carbocycles. The Bertz CT molecular complexity index is 653. The van der Waals surface area contributed by atoms with E-state index in [0.29, 0.717) is 21.9 Å². The van der Waals surface area contributed by atoms with E-state index in [4.69, 9.17) is 4.74 Å². The topological polar surface area (TPSA) is 75.7 Å². The molecular weight excluding hydrogens is 364 g/mol. The Balaban J connectivity index is 2.85. The molecule has 0 aliphatic rings. The minimum atomic E-state index is -0.515. The number of nitrogens with zero attached hydrogens (tertiary/aromatic N) is 1. The zero-order valence-corrected chi connectivity index (χ0v) is 18.0. The highest BCUT2D eigenvalue weighted by atomic mass is 32.1. The van der Waals surface area contributed by atoms with Crippen LogP contribution < -0.4 is 5.32 Å². The van der Waals surface area contributed by atoms with Crippen LogP contribution in [0.4, 0.5) is 5.00 Å². The van der Waals surface area contributed by atoms with Crippen LogP contribution in [0.1, 0.15) is 84.4 Å². The van der Waals surface area contributed by atoms with Gasteiger partial charge in [0.15, 0.2) is 0 Å². The minimum Gasteiger partial charge on any atom is -0.462 e. The smallest absolute Gasteiger partial charge is 0.341 e. The highest BCUT2D eigenvalue weighted by molar-refractivity contribution is 7.18. The Morgan fingerprint density at radius 2 is 1.67 bits per heavy atom. The Labute approximate surface area is 166 Å². The summed E-state index contributed by atoms with van der Waals surface area (Å²) in [6.45, 7) is 5.84. The average Bonchev–Trinajstić information content (AvgIpc) is 2.93. The van der Waals surface area contributed by atoms with Crippen LogP contribution in [0.25, 0.3) is 0 Å². The van der Waals surface area contributed by atoms with Crippen LogP contribution in [-0.4, -0.2) is 43.4 Å². The summed E-state index contributed by atoms with van der Waals surface area (Å²) in [4.78, 5) is 38.9. The molecule has 1 aromatic heterocycles. The Kier molecular flexibility index (Phi) is 10.1. The second-order valence-electron chi connectivity index (χ2n) is 6.75. The molecule has 7 heteroatoms. The van der Waals surface area contributed by atoms with Crippen molar-refractivity contribution in [2.75, 3.05) is 26.0 Å². The lowest BCUT2D eigenvalue weighted by atomic mass is 10.1. The van der Waals surface area contributed by atoms with Gasteiger partial charge in [-0.1, -0.05) is 39.0 Å². The summed E-state index contributed by atoms with van der Waals surface area (Å²) in [7, 11) is 3.31. The molecule has 0 unspecified atom stereocenters. The van der Waals surface area contributed by atoms with Gasteiger partial charge >= 0.3 is 5.97 Å². The molecule has 0 atom stereocenters. The zero-order valence-electron chi connectivity index (χ0n) is 17.1. The highest BCUT2D eigenvalue weighted by Gasteiger charge is 2.27. The quantitative estimate of drug-likeness (QED) is 0.437. The van der Waals surface area contributed by atoms with Crippen molar-refractivity contribution in [3.8, 4) is 0 Å². The van der Waals surface area contributed by atoms with Gasteiger partial charge in [0.25, 0.3) is 5.91 Å². The zero-order chi connectivity index (χ0) is 20.4. The van der Waals surface area contributed by atoms with Gasteiger partial charge in [-0.05, 0) is 25.8 Å². The van der Waals surface area contributed by atoms with Crippen LogP contribution in [0.2, 0.25) is 0 Å². The fourth-order valence-corrected chi connectivity index (χ4v) is 3.95. The first-order valence-electron chi connectivity index (χ1n) is 9.65. The van der Waals surface area contributed by atoms with E-state index in [-0.39, 0.29) is 24.0 Å². The van der Waals surface area contributed by atoms with Crippen LogP contribution in [0.15, 0.2) is 0 Å². The molecule has 0 spiro atoms. The van der Waals surface area contributed by atoms with Crippen molar-refractivity contribution in [3.63, 3.8) is 0 Å². The van der Waals surface area contributed by atoms with Gasteiger partial charge < -0.3 is 15.0 Å². The summed E-state index contributed by atoms with van der Waals surface area (Å²) in [5, 5.41) is 3.21. The molecule has 1 aromatic rings. The van der Waals surface area contributed by atoms with Crippen molar-refractivity contribution in [2.24, 2.45) is 0 Å². The molecule has 1 heterocycles. The lowest BCUT2D eigenvalue weighted by molar-refractivity contribution is -0.116. The Morgan fingerprint density at radius 3 is 2.26 bits per heavy atom. The van der Waals surface area contributed by atoms with Gasteiger partial charge in [-0.2, -0.15) is 0 Å². The number of hydrogen-bond donors (Lipinski definition) is 1. The molecular formula is C20H32N2O4S. The Hall–Kier alpha value is -1.89. The van der Waals surface area contributed by atoms with E-state index in [2.05, 4.69) is 12.2 Å². The standard InChI is InChI=1S/C20H32N2O4S/c1-6-8-9-10-11-12-13-15(23)21-18-16(20(25)26-7-2)14(3)17(27-18)19(24)22(4)5/h6-13H2,1-5H3,(H,21,23). The highest BCUT2D eigenvalue weighted by Crippen LogP contribution is 2.34. The van der Waals surface area contributed by atoms with Gasteiger partial charge in [-0.15, -0.1) is 11.3 Å². The predicted molar refractivity (Wildman–Crippen MR) is 110 cm³/mol. The molecule has 0 aliphatic heterocycles. The maximum atomic E-state index is 12.4. The monoisotopic (exact) mass is 396 g/mol. The first-order valence-corrected chi connectivity index (χ1v) is 10.5. The molecule has 0 saturated heterocycles. The first-order chi connectivity index (χ1) is 12.8. The molecule has 2 amide bonds. The van der Waals surface area contributed by atoms with Crippen molar-refractivity contribution >= 4 is 34.1 Å². The van der Waals surface area contributed by atoms with E-state index < -0.39 is 5.97 Å². The maximum absolute atomic E-state index is 12.4. The molecule has 6 nitrogen and oxygen atoms in total. The fraction of sp³-hybridized carbons (Fsp3) is 0.650. The van der Waals surface area contributed by atoms with Crippen LogP contribution in [0.3, 0.4) is 0 Å². The summed E-state index contributed by atoms with van der Waals surface area (Å²) in [6.07, 6.45) is 7.00. The molecule has 0 bridgehead atoms. The number of hydrogen-bond acceptors (Lipinski definition) is 5. The van der Waals surface area contributed by atoms with Crippen molar-refractivity contribution in [1.82, 2.24) is 4.90 Å². The second kappa shape index (κ2) is 11.7. The average molecular weight is 397 g/mol. The molecule has 0 aromatic carbocycles. The van der Waals surface area contributed by atoms with Crippen molar-refractivity contribution in [2.45, 2.75) is 65.7 Å². The fourth-order valence-electron chi connectivity index (χ4n) is 2.71. The van der Waals surface area contributed by atoms with Crippen molar-refractivity contribution in [3.05, 3.63) is 16.0 Å². The third-order valence-corrected chi connectivity index (χ3v) is 5.43. The number of esters is 1. The van der Waals surface area contributed by atoms with E-state index in [1.54, 1.807) is 27.9 Å². The largest absolute Gasteiger partial charge is 0.462 e. The van der Waals surface area contributed by atoms with Crippen LogP contribution >= 0.6 is 11.3 Å². The van der Waals surface area contributed by atoms with Crippen LogP contribution in [0.5, 0.6) is 0 Å². The summed E-state index contributed by atoms with van der Waals surface area (Å²) in [5.74, 6) is -0.848. The first kappa shape index (κ1) is 23.1. The lowest BCUT2D eigenvalue weighted by Gasteiger charge is -2.09. The summed E-state index contributed by atoms with van der Waals surface area (Å²) >= 11 is 1.13. The predicted octanol–water partition coefficient (Wildman–Crippen LogP) is 4.62. The van der Waals surface area contributed by atoms with E-state index in [1.807, 2.05) is 0 Å². The minimum absolute atomic E-state index is 0.138. The number of nitrogens with one attached hydrogen (secondary N) is 1. The molecule has 152 valence electrons. The number of amides is 2. The third-order valence-electron chi connectivity index (χ3n) is 4.24. The summed E-state index contributed by atoms with van der Waals surface area (Å²) in [6, 6.07) is 0. The molecule has 0 radical (unpaired) electrons. The van der Waals surface area contributed by atoms with Gasteiger partial charge in [0.1, 0.15) is 5.00 Å². The van der Waals surface area contributed by atoms with Gasteiger partial charge in [0, 0.05) is 20.5 Å². The molecule has 0 aliphatic carbocycles. The van der Waals surface area contributed by atoms with Gasteiger partial charge in [0.05, 0.1) is 17.0 Å². The van der Waals surface area contributed by atoms with Crippen molar-refractivity contribution < 1.29 is 19.1 Å². The molecule has 1 N–H and O–H groups in total. The van der Waals surface area contributed by atoms with E-state index in [9.17, 15) is 14.4 Å². The van der Waals surface area contributed by atoms with Crippen LogP contribution in [0, 0.1) is 6.92 Å². The lowest BCUT2D eigenvalue weighted by Crippen LogP contribution is -2.21. The van der Waals surface area contributed by atoms with Crippen LogP contribution in [-0.2, 0) is 9.53 Å². The number of carbonyl (C=O) groups is 3. The SMILES string of the molecule is CCCCCCCCC(=O)Nc1sc(C(=O)N(C)C)c(C)c1C(=O)OCC. The second-order valence-corrected chi connectivity index (χ2v) is 7.77. The van der Waals surface area contributed by atoms with Gasteiger partial charge in [-0.25, -0.2) is 4.79 Å². The number of thiophene rings is 1. The van der Waals surface area contributed by atoms with E-state index in [1.165, 1.54) is 24.2 Å². The van der Waals surface area contributed by atoms with E-state index >= 15 is 0 Å². The molecule has 0 fully saturated rings. The Morgan fingerprint density at radius 1 is 1.04 bits per heavy atom. The molecule has 1 rings (SSSR count). The number of unbranched alkanes of at least 4 members (excludes halogenated alkanes) is 5. The number of rotatable bonds is 11. The van der Waals surface area contributed by atoms with Gasteiger partial charge in [0.2, 0.25) is 5.91 Å². The third kappa shape index (κ3) is 6.97. The number of carbonyl (C=O) groups excluding carboxylic acids is 3. The maximum Gasteiger partial charge on any atom is 0.341 e. The van der Waals surface area contributed by atoms with E-state index in [0.717, 1.165) is 30.6 Å². The summed E-state index contributed by atoms with van der Waals surface area (Å²) < 4.78 is 5.11. The summed E-state index contributed by atoms with van der Waals surface area (Å²) in [5.41, 5.74) is 0.829. The van der Waals surface area contributed by atoms with Crippen molar-refractivity contribution in [1.29, 1.82) is 0 Å². The molecule has 27 heavy (non-hydrogen) atoms. The number of anilines is 1.